The van der Waals surface area contributed by atoms with E-state index >= 15 is 0 Å². The van der Waals surface area contributed by atoms with Crippen LogP contribution in [-0.4, -0.2) is 27.1 Å². The van der Waals surface area contributed by atoms with E-state index in [1.807, 2.05) is 12.1 Å². The molecule has 4 aromatic carbocycles. The smallest absolute Gasteiger partial charge is 0.416 e. The number of hydrazone groups is 1. The van der Waals surface area contributed by atoms with Gasteiger partial charge in [-0.25, -0.2) is 13.8 Å². The van der Waals surface area contributed by atoms with E-state index in [9.17, 15) is 26.4 Å². The van der Waals surface area contributed by atoms with Crippen molar-refractivity contribution in [1.82, 2.24) is 5.43 Å². The lowest BCUT2D eigenvalue weighted by atomic mass is 10.2. The first-order chi connectivity index (χ1) is 19.9. The van der Waals surface area contributed by atoms with Crippen LogP contribution in [0.1, 0.15) is 16.7 Å². The Morgan fingerprint density at radius 1 is 0.929 bits per heavy atom. The molecule has 0 fully saturated rings. The Labute approximate surface area is 250 Å². The Kier molecular flexibility index (Phi) is 9.77. The number of sulfonamides is 1. The summed E-state index contributed by atoms with van der Waals surface area (Å²) >= 11 is 12.0. The standard InChI is InChI=1S/C29H22Cl2F3N3O4S/c30-23-11-6-21(7-12-23)19-41-24-13-8-20(9-14-24)17-35-36-28(38)18-37(42(39,40)25-4-2-1-3-5-25)27-16-22(29(32,33)34)10-15-26(27)31/h1-17H,18-19H2,(H,36,38)/b35-17+. The van der Waals surface area contributed by atoms with Crippen molar-refractivity contribution in [2.24, 2.45) is 5.10 Å². The average Bonchev–Trinajstić information content (AvgIpc) is 2.96. The molecule has 4 aromatic rings. The second kappa shape index (κ2) is 13.3. The molecule has 13 heteroatoms. The normalized spacial score (nSPS) is 11.8. The highest BCUT2D eigenvalue weighted by Crippen LogP contribution is 2.37. The minimum Gasteiger partial charge on any atom is -0.489 e. The van der Waals surface area contributed by atoms with Crippen LogP contribution in [0, 0.1) is 0 Å². The van der Waals surface area contributed by atoms with E-state index in [-0.39, 0.29) is 9.92 Å². The molecule has 1 N–H and O–H groups in total. The van der Waals surface area contributed by atoms with Crippen LogP contribution in [0.4, 0.5) is 18.9 Å². The molecule has 0 aromatic heterocycles. The molecule has 0 spiro atoms. The van der Waals surface area contributed by atoms with Gasteiger partial charge in [0.2, 0.25) is 0 Å². The summed E-state index contributed by atoms with van der Waals surface area (Å²) in [4.78, 5) is 12.5. The third-order valence-corrected chi connectivity index (χ3v) is 8.11. The lowest BCUT2D eigenvalue weighted by Crippen LogP contribution is -2.40. The van der Waals surface area contributed by atoms with E-state index in [0.717, 1.165) is 17.7 Å². The van der Waals surface area contributed by atoms with E-state index in [2.05, 4.69) is 10.5 Å². The van der Waals surface area contributed by atoms with Gasteiger partial charge < -0.3 is 4.74 Å². The van der Waals surface area contributed by atoms with Gasteiger partial charge in [0, 0.05) is 5.02 Å². The predicted molar refractivity (Wildman–Crippen MR) is 155 cm³/mol. The molecule has 0 aliphatic carbocycles. The lowest BCUT2D eigenvalue weighted by Gasteiger charge is -2.25. The number of ether oxygens (including phenoxy) is 1. The first-order valence-corrected chi connectivity index (χ1v) is 14.4. The predicted octanol–water partition coefficient (Wildman–Crippen LogP) is 6.94. The molecule has 0 saturated heterocycles. The maximum atomic E-state index is 13.4. The van der Waals surface area contributed by atoms with Crippen LogP contribution in [0.5, 0.6) is 5.75 Å². The van der Waals surface area contributed by atoms with E-state index in [4.69, 9.17) is 27.9 Å². The summed E-state index contributed by atoms with van der Waals surface area (Å²) in [5, 5.41) is 4.17. The van der Waals surface area contributed by atoms with Crippen molar-refractivity contribution < 1.29 is 31.1 Å². The van der Waals surface area contributed by atoms with E-state index < -0.39 is 39.9 Å². The highest BCUT2D eigenvalue weighted by molar-refractivity contribution is 7.92. The average molecular weight is 636 g/mol. The van der Waals surface area contributed by atoms with Crippen LogP contribution in [0.15, 0.2) is 107 Å². The van der Waals surface area contributed by atoms with Gasteiger partial charge in [0.05, 0.1) is 27.4 Å². The second-order valence-electron chi connectivity index (χ2n) is 8.77. The second-order valence-corrected chi connectivity index (χ2v) is 11.5. The molecule has 218 valence electrons. The van der Waals surface area contributed by atoms with Gasteiger partial charge in [-0.15, -0.1) is 0 Å². The molecule has 4 rings (SSSR count). The van der Waals surface area contributed by atoms with Crippen molar-refractivity contribution in [3.05, 3.63) is 124 Å². The SMILES string of the molecule is O=C(CN(c1cc(C(F)(F)F)ccc1Cl)S(=O)(=O)c1ccccc1)N/N=C/c1ccc(OCc2ccc(Cl)cc2)cc1. The molecule has 0 aliphatic heterocycles. The third-order valence-electron chi connectivity index (χ3n) is 5.76. The number of carbonyl (C=O) groups excluding carboxylic acids is 1. The number of rotatable bonds is 10. The van der Waals surface area contributed by atoms with E-state index in [0.29, 0.717) is 33.3 Å². The summed E-state index contributed by atoms with van der Waals surface area (Å²) in [6, 6.07) is 23.2. The highest BCUT2D eigenvalue weighted by atomic mass is 35.5. The first-order valence-electron chi connectivity index (χ1n) is 12.2. The molecule has 0 bridgehead atoms. The summed E-state index contributed by atoms with van der Waals surface area (Å²) < 4.78 is 73.3. The fraction of sp³-hybridized carbons (Fsp3) is 0.103. The monoisotopic (exact) mass is 635 g/mol. The van der Waals surface area contributed by atoms with Gasteiger partial charge in [-0.2, -0.15) is 18.3 Å². The Balaban J connectivity index is 1.47. The van der Waals surface area contributed by atoms with Gasteiger partial charge >= 0.3 is 6.18 Å². The number of benzene rings is 4. The number of nitrogens with zero attached hydrogens (tertiary/aromatic N) is 2. The van der Waals surface area contributed by atoms with Crippen LogP contribution in [0.25, 0.3) is 0 Å². The third kappa shape index (κ3) is 8.03. The number of alkyl halides is 3. The molecule has 0 saturated carbocycles. The molecule has 7 nitrogen and oxygen atoms in total. The molecule has 0 aliphatic rings. The van der Waals surface area contributed by atoms with Crippen LogP contribution in [0.2, 0.25) is 10.0 Å². The maximum Gasteiger partial charge on any atom is 0.416 e. The number of nitrogens with one attached hydrogen (secondary N) is 1. The van der Waals surface area contributed by atoms with Gasteiger partial charge in [-0.05, 0) is 77.9 Å². The maximum absolute atomic E-state index is 13.4. The van der Waals surface area contributed by atoms with Crippen LogP contribution in [-0.2, 0) is 27.6 Å². The Morgan fingerprint density at radius 2 is 1.60 bits per heavy atom. The van der Waals surface area contributed by atoms with Crippen LogP contribution < -0.4 is 14.5 Å². The zero-order valence-corrected chi connectivity index (χ0v) is 23.9. The summed E-state index contributed by atoms with van der Waals surface area (Å²) in [5.74, 6) is -0.326. The summed E-state index contributed by atoms with van der Waals surface area (Å²) in [6.45, 7) is -0.563. The minimum absolute atomic E-state index is 0.242. The molecule has 0 atom stereocenters. The largest absolute Gasteiger partial charge is 0.489 e. The van der Waals surface area contributed by atoms with E-state index in [1.165, 1.54) is 30.5 Å². The zero-order valence-electron chi connectivity index (χ0n) is 21.6. The Morgan fingerprint density at radius 3 is 2.24 bits per heavy atom. The number of hydrogen-bond donors (Lipinski definition) is 1. The van der Waals surface area contributed by atoms with Gasteiger partial charge in [0.25, 0.3) is 15.9 Å². The summed E-state index contributed by atoms with van der Waals surface area (Å²) in [6.07, 6.45) is -3.46. The van der Waals surface area contributed by atoms with Crippen molar-refractivity contribution in [2.75, 3.05) is 10.8 Å². The van der Waals surface area contributed by atoms with Crippen molar-refractivity contribution >= 4 is 51.0 Å². The molecule has 42 heavy (non-hydrogen) atoms. The zero-order chi connectivity index (χ0) is 30.3. The van der Waals surface area contributed by atoms with Gasteiger partial charge in [0.1, 0.15) is 18.9 Å². The number of halogens is 5. The van der Waals surface area contributed by atoms with Crippen LogP contribution >= 0.6 is 23.2 Å². The lowest BCUT2D eigenvalue weighted by molar-refractivity contribution is -0.137. The quantitative estimate of drug-likeness (QED) is 0.151. The van der Waals surface area contributed by atoms with Gasteiger partial charge in [-0.3, -0.25) is 9.10 Å². The number of hydrogen-bond acceptors (Lipinski definition) is 5. The molecule has 0 heterocycles. The van der Waals surface area contributed by atoms with E-state index in [1.54, 1.807) is 42.5 Å². The van der Waals surface area contributed by atoms with Crippen molar-refractivity contribution in [1.29, 1.82) is 0 Å². The summed E-state index contributed by atoms with van der Waals surface area (Å²) in [5.41, 5.74) is 2.08. The first kappa shape index (κ1) is 30.9. The summed E-state index contributed by atoms with van der Waals surface area (Å²) in [7, 11) is -4.50. The van der Waals surface area contributed by atoms with Crippen molar-refractivity contribution in [2.45, 2.75) is 17.7 Å². The highest BCUT2D eigenvalue weighted by Gasteiger charge is 2.34. The fourth-order valence-electron chi connectivity index (χ4n) is 3.64. The molecular weight excluding hydrogens is 614 g/mol. The van der Waals surface area contributed by atoms with Crippen molar-refractivity contribution in [3.8, 4) is 5.75 Å². The molecule has 0 unspecified atom stereocenters. The number of anilines is 1. The molecule has 1 amide bonds. The number of carbonyl (C=O) groups is 1. The number of amides is 1. The molecule has 0 radical (unpaired) electrons. The van der Waals surface area contributed by atoms with Gasteiger partial charge in [0.15, 0.2) is 0 Å². The van der Waals surface area contributed by atoms with Gasteiger partial charge in [-0.1, -0.05) is 53.5 Å². The topological polar surface area (TPSA) is 88.1 Å². The molecular formula is C29H22Cl2F3N3O4S. The Bertz CT molecular complexity index is 1670. The van der Waals surface area contributed by atoms with Crippen LogP contribution in [0.3, 0.4) is 0 Å². The minimum atomic E-state index is -4.77. The Hall–Kier alpha value is -4.06. The van der Waals surface area contributed by atoms with Crippen molar-refractivity contribution in [3.63, 3.8) is 0 Å². The fourth-order valence-corrected chi connectivity index (χ4v) is 5.49.